The Morgan fingerprint density at radius 3 is 1.98 bits per heavy atom. The number of nitrogens with zero attached hydrogens (tertiary/aromatic N) is 1. The monoisotopic (exact) mass is 733 g/mol. The van der Waals surface area contributed by atoms with E-state index in [0.29, 0.717) is 41.5 Å². The van der Waals surface area contributed by atoms with Gasteiger partial charge in [0.2, 0.25) is 15.9 Å². The fourth-order valence-electron chi connectivity index (χ4n) is 5.84. The molecule has 0 spiro atoms. The number of aliphatic carboxylic acids is 1. The number of carbonyl (C=O) groups is 2. The number of nitrogens with one attached hydrogen (secondary N) is 1. The van der Waals surface area contributed by atoms with Gasteiger partial charge in [-0.2, -0.15) is 26.7 Å². The van der Waals surface area contributed by atoms with Gasteiger partial charge in [-0.3, -0.25) is 4.79 Å². The highest BCUT2D eigenvalue weighted by Crippen LogP contribution is 2.40. The number of carboxylic acids is 1. The lowest BCUT2D eigenvalue weighted by molar-refractivity contribution is -0.192. The average molecular weight is 735 g/mol. The van der Waals surface area contributed by atoms with Gasteiger partial charge in [0.05, 0.1) is 4.90 Å². The van der Waals surface area contributed by atoms with E-state index in [0.717, 1.165) is 10.9 Å². The maximum Gasteiger partial charge on any atom is 0.490 e. The third kappa shape index (κ3) is 7.86. The second-order valence-electron chi connectivity index (χ2n) is 11.8. The highest BCUT2D eigenvalue weighted by molar-refractivity contribution is 9.10. The molecule has 250 valence electrons. The summed E-state index contributed by atoms with van der Waals surface area (Å²) >= 11 is 3.24. The number of sulfonamides is 1. The summed E-state index contributed by atoms with van der Waals surface area (Å²) in [6, 6.07) is 12.5. The van der Waals surface area contributed by atoms with Crippen LogP contribution in [-0.4, -0.2) is 60.6 Å². The molecule has 2 bridgehead atoms. The van der Waals surface area contributed by atoms with Crippen molar-refractivity contribution in [3.63, 3.8) is 0 Å². The fourth-order valence-corrected chi connectivity index (χ4v) is 7.33. The molecule has 0 saturated carbocycles. The number of alkyl halides is 5. The van der Waals surface area contributed by atoms with Crippen molar-refractivity contribution in [2.24, 2.45) is 5.73 Å². The van der Waals surface area contributed by atoms with Gasteiger partial charge in [-0.15, -0.1) is 0 Å². The number of halogens is 6. The number of carbonyl (C=O) groups excluding carboxylic acids is 1. The Kier molecular flexibility index (Phi) is 10.5. The Labute approximate surface area is 271 Å². The number of nitrogens with two attached hydrogens (primary N) is 1. The van der Waals surface area contributed by atoms with Crippen LogP contribution in [0.15, 0.2) is 70.0 Å². The summed E-state index contributed by atoms with van der Waals surface area (Å²) in [5.74, 6) is -7.19. The summed E-state index contributed by atoms with van der Waals surface area (Å²) in [5, 5.41) is 8.63. The lowest BCUT2D eigenvalue weighted by Crippen LogP contribution is -2.60. The Hall–Kier alpha value is -3.14. The second-order valence-corrected chi connectivity index (χ2v) is 14.4. The standard InChI is InChI=1S/C29H32BrF2N3O3S.C2HF3O2/c1-17(2)18-3-4-20-14-26(12-5-19(20)13-18)39(37,38)34-27(29(31,32)21-6-8-22(30)9-7-21)28(36)35-24-10-11-25(35)16-23(33)15-24;3-2(4,5)1(6)7/h3-9,12-14,17,23-25,27,34H,10-11,15-16,33H2,1-2H3;(H,6,7)/t23?,24?,25?,27-;/m1./s1. The van der Waals surface area contributed by atoms with Crippen LogP contribution in [0.3, 0.4) is 0 Å². The van der Waals surface area contributed by atoms with E-state index in [1.54, 1.807) is 6.07 Å². The average Bonchev–Trinajstić information content (AvgIpc) is 3.25. The number of benzene rings is 3. The predicted molar refractivity (Wildman–Crippen MR) is 165 cm³/mol. The molecule has 0 aliphatic carbocycles. The molecule has 2 aliphatic rings. The van der Waals surface area contributed by atoms with Crippen LogP contribution in [-0.2, 0) is 25.5 Å². The molecular weight excluding hydrogens is 701 g/mol. The molecule has 15 heteroatoms. The van der Waals surface area contributed by atoms with Gasteiger partial charge in [0, 0.05) is 28.2 Å². The molecule has 2 unspecified atom stereocenters. The van der Waals surface area contributed by atoms with Crippen LogP contribution in [0.2, 0.25) is 0 Å². The highest BCUT2D eigenvalue weighted by atomic mass is 79.9. The zero-order valence-corrected chi connectivity index (χ0v) is 27.2. The molecule has 46 heavy (non-hydrogen) atoms. The van der Waals surface area contributed by atoms with Gasteiger partial charge in [-0.05, 0) is 72.2 Å². The van der Waals surface area contributed by atoms with Crippen molar-refractivity contribution in [2.45, 2.75) is 86.6 Å². The number of rotatable bonds is 7. The van der Waals surface area contributed by atoms with Gasteiger partial charge in [-0.1, -0.05) is 66.2 Å². The van der Waals surface area contributed by atoms with Crippen LogP contribution >= 0.6 is 15.9 Å². The minimum atomic E-state index is -5.08. The first-order valence-corrected chi connectivity index (χ1v) is 16.7. The van der Waals surface area contributed by atoms with E-state index in [-0.39, 0.29) is 23.0 Å². The van der Waals surface area contributed by atoms with Gasteiger partial charge in [0.1, 0.15) is 0 Å². The molecule has 2 saturated heterocycles. The van der Waals surface area contributed by atoms with E-state index in [1.807, 2.05) is 18.2 Å². The third-order valence-electron chi connectivity index (χ3n) is 8.19. The molecule has 4 N–H and O–H groups in total. The molecule has 0 radical (unpaired) electrons. The molecule has 2 fully saturated rings. The highest BCUT2D eigenvalue weighted by Gasteiger charge is 2.53. The van der Waals surface area contributed by atoms with Crippen LogP contribution in [0.25, 0.3) is 10.8 Å². The van der Waals surface area contributed by atoms with Gasteiger partial charge in [0.25, 0.3) is 5.92 Å². The van der Waals surface area contributed by atoms with Crippen molar-refractivity contribution in [2.75, 3.05) is 0 Å². The van der Waals surface area contributed by atoms with Crippen molar-refractivity contribution >= 4 is 48.6 Å². The molecule has 3 atom stereocenters. The summed E-state index contributed by atoms with van der Waals surface area (Å²) in [6.45, 7) is 4.13. The van der Waals surface area contributed by atoms with Crippen molar-refractivity contribution < 1.29 is 45.1 Å². The number of hydrogen-bond donors (Lipinski definition) is 3. The normalized spacial score (nSPS) is 20.7. The Balaban J connectivity index is 0.000000617. The molecule has 1 amide bonds. The van der Waals surface area contributed by atoms with Crippen LogP contribution in [0, 0.1) is 0 Å². The maximum absolute atomic E-state index is 16.1. The summed E-state index contributed by atoms with van der Waals surface area (Å²) in [6.07, 6.45) is -2.74. The molecule has 2 heterocycles. The van der Waals surface area contributed by atoms with Gasteiger partial charge >= 0.3 is 12.1 Å². The van der Waals surface area contributed by atoms with Crippen LogP contribution < -0.4 is 10.5 Å². The molecule has 3 aromatic rings. The van der Waals surface area contributed by atoms with Crippen molar-refractivity contribution in [3.8, 4) is 0 Å². The van der Waals surface area contributed by atoms with E-state index < -0.39 is 45.6 Å². The first-order chi connectivity index (χ1) is 21.3. The van der Waals surface area contributed by atoms with E-state index in [2.05, 4.69) is 34.5 Å². The van der Waals surface area contributed by atoms with E-state index in [4.69, 9.17) is 15.6 Å². The molecular formula is C31H33BrF5N3O5S. The molecule has 8 nitrogen and oxygen atoms in total. The lowest BCUT2D eigenvalue weighted by Gasteiger charge is -2.41. The summed E-state index contributed by atoms with van der Waals surface area (Å²) < 4.78 is 93.8. The Morgan fingerprint density at radius 1 is 0.935 bits per heavy atom. The molecule has 3 aromatic carbocycles. The lowest BCUT2D eigenvalue weighted by atomic mass is 9.95. The fraction of sp³-hybridized carbons (Fsp3) is 0.419. The minimum absolute atomic E-state index is 0.109. The summed E-state index contributed by atoms with van der Waals surface area (Å²) in [7, 11) is -4.50. The summed E-state index contributed by atoms with van der Waals surface area (Å²) in [5.41, 5.74) is 6.78. The van der Waals surface area contributed by atoms with E-state index >= 15 is 8.78 Å². The van der Waals surface area contributed by atoms with Crippen molar-refractivity contribution in [1.82, 2.24) is 9.62 Å². The smallest absolute Gasteiger partial charge is 0.475 e. The predicted octanol–water partition coefficient (Wildman–Crippen LogP) is 6.28. The quantitative estimate of drug-likeness (QED) is 0.245. The van der Waals surface area contributed by atoms with Crippen LogP contribution in [0.5, 0.6) is 0 Å². The zero-order chi connectivity index (χ0) is 34.2. The number of fused-ring (bicyclic) bond motifs is 3. The SMILES string of the molecule is CC(C)c1ccc2cc(S(=O)(=O)N[C@H](C(=O)N3C4CCC3CC(N)C4)C(F)(F)c3ccc(Br)cc3)ccc2c1.O=C(O)C(F)(F)F. The van der Waals surface area contributed by atoms with Gasteiger partial charge < -0.3 is 15.7 Å². The Morgan fingerprint density at radius 2 is 1.46 bits per heavy atom. The maximum atomic E-state index is 16.1. The first kappa shape index (κ1) is 35.7. The molecule has 2 aliphatic heterocycles. The van der Waals surface area contributed by atoms with E-state index in [9.17, 15) is 26.4 Å². The van der Waals surface area contributed by atoms with Gasteiger partial charge in [0.15, 0.2) is 6.04 Å². The third-order valence-corrected chi connectivity index (χ3v) is 10.1. The number of hydrogen-bond acceptors (Lipinski definition) is 5. The van der Waals surface area contributed by atoms with Crippen LogP contribution in [0.1, 0.15) is 56.6 Å². The number of piperidine rings is 1. The minimum Gasteiger partial charge on any atom is -0.475 e. The Bertz CT molecular complexity index is 1690. The second kappa shape index (κ2) is 13.5. The number of carboxylic acid groups (broad SMARTS) is 1. The zero-order valence-electron chi connectivity index (χ0n) is 24.8. The molecule has 0 aromatic heterocycles. The van der Waals surface area contributed by atoms with Crippen molar-refractivity contribution in [3.05, 3.63) is 76.3 Å². The van der Waals surface area contributed by atoms with Crippen LogP contribution in [0.4, 0.5) is 22.0 Å². The summed E-state index contributed by atoms with van der Waals surface area (Å²) in [4.78, 5) is 24.0. The van der Waals surface area contributed by atoms with Gasteiger partial charge in [-0.25, -0.2) is 13.2 Å². The topological polar surface area (TPSA) is 130 Å². The van der Waals surface area contributed by atoms with E-state index in [1.165, 1.54) is 41.3 Å². The molecule has 5 rings (SSSR count). The first-order valence-electron chi connectivity index (χ1n) is 14.4. The largest absolute Gasteiger partial charge is 0.490 e. The van der Waals surface area contributed by atoms with Crippen molar-refractivity contribution in [1.29, 1.82) is 0 Å². The number of amides is 1.